The molecule has 1 saturated heterocycles. The molecular formula is C17H23ClN4O4. The number of carbonyl (C=O) groups excluding carboxylic acids is 3. The third-order valence-electron chi connectivity index (χ3n) is 4.94. The van der Waals surface area contributed by atoms with Gasteiger partial charge >= 0.3 is 6.03 Å². The quantitative estimate of drug-likeness (QED) is 0.543. The Kier molecular flexibility index (Phi) is 5.65. The zero-order chi connectivity index (χ0) is 18.2. The number of nitrogens with one attached hydrogen (secondary N) is 2. The van der Waals surface area contributed by atoms with Crippen LogP contribution in [0.5, 0.6) is 5.75 Å². The molecule has 1 heterocycles. The molecule has 0 aromatic heterocycles. The van der Waals surface area contributed by atoms with Gasteiger partial charge in [0.15, 0.2) is 0 Å². The van der Waals surface area contributed by atoms with E-state index < -0.39 is 23.5 Å². The molecule has 1 unspecified atom stereocenters. The van der Waals surface area contributed by atoms with E-state index in [1.165, 1.54) is 14.0 Å². The van der Waals surface area contributed by atoms with Crippen molar-refractivity contribution in [3.8, 4) is 5.75 Å². The van der Waals surface area contributed by atoms with Gasteiger partial charge in [-0.3, -0.25) is 9.59 Å². The number of methoxy groups -OCH3 is 1. The number of nitrogens with two attached hydrogens (primary N) is 1. The van der Waals surface area contributed by atoms with Gasteiger partial charge in [0, 0.05) is 6.07 Å². The first-order valence-electron chi connectivity index (χ1n) is 8.28. The van der Waals surface area contributed by atoms with E-state index in [0.29, 0.717) is 30.0 Å². The molecule has 1 atom stereocenters. The van der Waals surface area contributed by atoms with Crippen LogP contribution in [0.3, 0.4) is 0 Å². The van der Waals surface area contributed by atoms with Gasteiger partial charge in [0.25, 0.3) is 5.91 Å². The highest BCUT2D eigenvalue weighted by Crippen LogP contribution is 2.36. The average Bonchev–Trinajstić information content (AvgIpc) is 3.15. The van der Waals surface area contributed by atoms with Crippen LogP contribution in [0.2, 0.25) is 0 Å². The number of ether oxygens (including phenoxy) is 1. The maximum atomic E-state index is 12.7. The van der Waals surface area contributed by atoms with Crippen molar-refractivity contribution in [2.75, 3.05) is 18.2 Å². The molecule has 9 heteroatoms. The molecule has 4 N–H and O–H groups in total. The molecule has 1 spiro atoms. The lowest BCUT2D eigenvalue weighted by Gasteiger charge is -2.23. The van der Waals surface area contributed by atoms with Crippen LogP contribution >= 0.6 is 12.4 Å². The lowest BCUT2D eigenvalue weighted by atomic mass is 9.97. The second-order valence-electron chi connectivity index (χ2n) is 6.51. The molecular weight excluding hydrogens is 360 g/mol. The molecule has 26 heavy (non-hydrogen) atoms. The second kappa shape index (κ2) is 7.41. The Bertz CT molecular complexity index is 733. The van der Waals surface area contributed by atoms with E-state index in [-0.39, 0.29) is 18.3 Å². The predicted octanol–water partition coefficient (Wildman–Crippen LogP) is 1.89. The minimum absolute atomic E-state index is 0. The summed E-state index contributed by atoms with van der Waals surface area (Å²) < 4.78 is 5.11. The zero-order valence-electron chi connectivity index (χ0n) is 14.7. The van der Waals surface area contributed by atoms with Gasteiger partial charge in [-0.05, 0) is 31.9 Å². The number of anilines is 2. The summed E-state index contributed by atoms with van der Waals surface area (Å²) in [5.41, 5.74) is 5.77. The zero-order valence-corrected chi connectivity index (χ0v) is 15.5. The Balaban J connectivity index is 0.00000243. The fourth-order valence-corrected chi connectivity index (χ4v) is 3.44. The van der Waals surface area contributed by atoms with Crippen molar-refractivity contribution in [1.29, 1.82) is 0 Å². The molecule has 1 saturated carbocycles. The molecule has 0 bridgehead atoms. The number of benzene rings is 1. The molecule has 1 aliphatic carbocycles. The lowest BCUT2D eigenvalue weighted by molar-refractivity contribution is -0.136. The van der Waals surface area contributed by atoms with Gasteiger partial charge in [0.2, 0.25) is 5.91 Å². The molecule has 0 radical (unpaired) electrons. The summed E-state index contributed by atoms with van der Waals surface area (Å²) in [6, 6.07) is 3.41. The van der Waals surface area contributed by atoms with Crippen LogP contribution in [0, 0.1) is 0 Å². The Labute approximate surface area is 157 Å². The van der Waals surface area contributed by atoms with Crippen molar-refractivity contribution >= 4 is 41.6 Å². The molecule has 8 nitrogen and oxygen atoms in total. The first kappa shape index (κ1) is 19.8. The smallest absolute Gasteiger partial charge is 0.325 e. The van der Waals surface area contributed by atoms with Gasteiger partial charge in [-0.25, -0.2) is 9.69 Å². The van der Waals surface area contributed by atoms with E-state index in [2.05, 4.69) is 10.6 Å². The highest BCUT2D eigenvalue weighted by Gasteiger charge is 2.54. The van der Waals surface area contributed by atoms with E-state index in [1.807, 2.05) is 0 Å². The number of imide groups is 1. The van der Waals surface area contributed by atoms with Gasteiger partial charge in [0.1, 0.15) is 17.3 Å². The number of hydrogen-bond acceptors (Lipinski definition) is 5. The Morgan fingerprint density at radius 3 is 2.62 bits per heavy atom. The number of hydrogen-bond donors (Lipinski definition) is 3. The molecule has 2 aliphatic rings. The van der Waals surface area contributed by atoms with Gasteiger partial charge in [0.05, 0.1) is 18.5 Å². The molecule has 3 rings (SSSR count). The van der Waals surface area contributed by atoms with E-state index in [4.69, 9.17) is 10.5 Å². The normalized spacial score (nSPS) is 19.1. The van der Waals surface area contributed by atoms with Gasteiger partial charge in [-0.2, -0.15) is 0 Å². The lowest BCUT2D eigenvalue weighted by Crippen LogP contribution is -2.48. The van der Waals surface area contributed by atoms with Gasteiger partial charge in [-0.15, -0.1) is 12.4 Å². The standard InChI is InChI=1S/C17H22N4O4.ClH/c1-10(14(22)19-13-9-11(25-2)5-6-12(13)18)21-15(23)17(20-16(21)24)7-3-4-8-17;/h5-6,9-10H,3-4,7-8,18H2,1-2H3,(H,19,22)(H,20,24);1H. The summed E-state index contributed by atoms with van der Waals surface area (Å²) in [6.07, 6.45) is 3.01. The van der Waals surface area contributed by atoms with Crippen molar-refractivity contribution in [3.63, 3.8) is 0 Å². The number of nitrogen functional groups attached to an aromatic ring is 1. The predicted molar refractivity (Wildman–Crippen MR) is 99.3 cm³/mol. The Hall–Kier alpha value is -2.48. The monoisotopic (exact) mass is 382 g/mol. The first-order chi connectivity index (χ1) is 11.9. The van der Waals surface area contributed by atoms with Crippen molar-refractivity contribution in [2.24, 2.45) is 0 Å². The van der Waals surface area contributed by atoms with Crippen molar-refractivity contribution < 1.29 is 19.1 Å². The molecule has 1 aromatic carbocycles. The summed E-state index contributed by atoms with van der Waals surface area (Å²) in [5.74, 6) is -0.271. The van der Waals surface area contributed by atoms with Crippen LogP contribution in [0.4, 0.5) is 16.2 Å². The van der Waals surface area contributed by atoms with E-state index in [9.17, 15) is 14.4 Å². The summed E-state index contributed by atoms with van der Waals surface area (Å²) in [7, 11) is 1.51. The Morgan fingerprint density at radius 1 is 1.35 bits per heavy atom. The number of urea groups is 1. The summed E-state index contributed by atoms with van der Waals surface area (Å²) in [6.45, 7) is 1.52. The molecule has 2 fully saturated rings. The topological polar surface area (TPSA) is 114 Å². The summed E-state index contributed by atoms with van der Waals surface area (Å²) in [5, 5.41) is 5.43. The van der Waals surface area contributed by atoms with Crippen molar-refractivity contribution in [1.82, 2.24) is 10.2 Å². The minimum Gasteiger partial charge on any atom is -0.497 e. The fourth-order valence-electron chi connectivity index (χ4n) is 3.44. The number of carbonyl (C=O) groups is 3. The van der Waals surface area contributed by atoms with Crippen molar-refractivity contribution in [2.45, 2.75) is 44.2 Å². The van der Waals surface area contributed by atoms with Crippen molar-refractivity contribution in [3.05, 3.63) is 18.2 Å². The van der Waals surface area contributed by atoms with E-state index in [1.54, 1.807) is 18.2 Å². The fraction of sp³-hybridized carbons (Fsp3) is 0.471. The third kappa shape index (κ3) is 3.29. The molecule has 1 aliphatic heterocycles. The average molecular weight is 383 g/mol. The van der Waals surface area contributed by atoms with Crippen LogP contribution in [0.15, 0.2) is 18.2 Å². The van der Waals surface area contributed by atoms with Gasteiger partial charge in [-0.1, -0.05) is 12.8 Å². The Morgan fingerprint density at radius 2 is 2.00 bits per heavy atom. The first-order valence-corrected chi connectivity index (χ1v) is 8.28. The number of rotatable bonds is 4. The highest BCUT2D eigenvalue weighted by molar-refractivity contribution is 6.11. The maximum absolute atomic E-state index is 12.7. The van der Waals surface area contributed by atoms with E-state index in [0.717, 1.165) is 17.7 Å². The van der Waals surface area contributed by atoms with E-state index >= 15 is 0 Å². The summed E-state index contributed by atoms with van der Waals surface area (Å²) >= 11 is 0. The molecule has 142 valence electrons. The largest absolute Gasteiger partial charge is 0.497 e. The highest BCUT2D eigenvalue weighted by atomic mass is 35.5. The molecule has 4 amide bonds. The van der Waals surface area contributed by atoms with Crippen LogP contribution < -0.4 is 21.1 Å². The van der Waals surface area contributed by atoms with Crippen LogP contribution in [-0.2, 0) is 9.59 Å². The number of nitrogens with zero attached hydrogens (tertiary/aromatic N) is 1. The summed E-state index contributed by atoms with van der Waals surface area (Å²) in [4.78, 5) is 38.6. The molecule has 1 aromatic rings. The second-order valence-corrected chi connectivity index (χ2v) is 6.51. The van der Waals surface area contributed by atoms with Crippen LogP contribution in [0.25, 0.3) is 0 Å². The SMILES string of the molecule is COc1ccc(N)c(NC(=O)C(C)N2C(=O)NC3(CCCC3)C2=O)c1.Cl. The van der Waals surface area contributed by atoms with Crippen LogP contribution in [0.1, 0.15) is 32.6 Å². The minimum atomic E-state index is -0.946. The van der Waals surface area contributed by atoms with Gasteiger partial charge < -0.3 is 21.1 Å². The maximum Gasteiger partial charge on any atom is 0.325 e. The number of amides is 4. The number of halogens is 1. The van der Waals surface area contributed by atoms with Crippen LogP contribution in [-0.4, -0.2) is 41.4 Å². The third-order valence-corrected chi connectivity index (χ3v) is 4.94.